The van der Waals surface area contributed by atoms with Crippen LogP contribution in [-0.2, 0) is 0 Å². The molecule has 1 saturated heterocycles. The van der Waals surface area contributed by atoms with Gasteiger partial charge in [-0.1, -0.05) is 19.3 Å². The van der Waals surface area contributed by atoms with Gasteiger partial charge in [-0.25, -0.2) is 0 Å². The monoisotopic (exact) mass is 537 g/mol. The largest absolute Gasteiger partial charge is 0.369 e. The molecule has 0 amide bonds. The van der Waals surface area contributed by atoms with Gasteiger partial charge in [-0.3, -0.25) is 20.5 Å². The number of hydrogen-bond donors (Lipinski definition) is 4. The van der Waals surface area contributed by atoms with Crippen LogP contribution in [-0.4, -0.2) is 76.6 Å². The normalized spacial score (nSPS) is 16.5. The van der Waals surface area contributed by atoms with E-state index in [1.807, 2.05) is 25.2 Å². The zero-order valence-electron chi connectivity index (χ0n) is 24.4. The van der Waals surface area contributed by atoms with Gasteiger partial charge in [0.2, 0.25) is 0 Å². The molecule has 2 aromatic carbocycles. The molecule has 0 atom stereocenters. The number of anilines is 3. The van der Waals surface area contributed by atoms with Gasteiger partial charge in [0, 0.05) is 74.5 Å². The number of hydrogen-bond acceptors (Lipinski definition) is 8. The van der Waals surface area contributed by atoms with Gasteiger partial charge < -0.3 is 21.3 Å². The van der Waals surface area contributed by atoms with Crippen LogP contribution >= 0.6 is 0 Å². The van der Waals surface area contributed by atoms with Crippen LogP contribution in [0.25, 0.3) is 0 Å². The van der Waals surface area contributed by atoms with Crippen molar-refractivity contribution in [2.24, 2.45) is 11.5 Å². The summed E-state index contributed by atoms with van der Waals surface area (Å²) in [5, 5.41) is 0. The summed E-state index contributed by atoms with van der Waals surface area (Å²) in [7, 11) is 1.94. The Balaban J connectivity index is 0.000000395. The molecule has 0 unspecified atom stereocenters. The van der Waals surface area contributed by atoms with Crippen molar-refractivity contribution in [2.75, 3.05) is 69.2 Å². The van der Waals surface area contributed by atoms with Gasteiger partial charge in [0.25, 0.3) is 0 Å². The van der Waals surface area contributed by atoms with Gasteiger partial charge in [-0.2, -0.15) is 0 Å². The number of nitrogens with one attached hydrogen (secondary N) is 2. The standard InChI is InChI=1S/C24H35N5O.C7H16N2/c1-19-16-21(18-30)4-6-23(19)29(10-3-8-25)24-7-5-22(17-20(24)2)28-14-12-27(11-9-26)13-15-28;1-8-9-7-5-3-2-4-6-7/h4-7,16-18H,3,8-15,25-26H2,1-2H3;7-9H,2-6H2,1H3. The maximum atomic E-state index is 11.1. The van der Waals surface area contributed by atoms with E-state index in [1.54, 1.807) is 0 Å². The number of aldehydes is 1. The van der Waals surface area contributed by atoms with E-state index in [4.69, 9.17) is 11.5 Å². The maximum Gasteiger partial charge on any atom is 0.150 e. The molecule has 2 aromatic rings. The Kier molecular flexibility index (Phi) is 13.2. The molecular weight excluding hydrogens is 486 g/mol. The van der Waals surface area contributed by atoms with Crippen molar-refractivity contribution in [1.29, 1.82) is 0 Å². The number of benzene rings is 2. The zero-order chi connectivity index (χ0) is 28.0. The SMILES string of the molecule is CNNC1CCCCC1.Cc1cc(C=O)ccc1N(CCCN)c1ccc(N2CCN(CCN)CC2)cc1C. The number of carbonyl (C=O) groups is 1. The van der Waals surface area contributed by atoms with Crippen LogP contribution in [0.2, 0.25) is 0 Å². The molecule has 0 bridgehead atoms. The van der Waals surface area contributed by atoms with Crippen molar-refractivity contribution < 1.29 is 4.79 Å². The summed E-state index contributed by atoms with van der Waals surface area (Å²) in [6.45, 7) is 11.6. The molecule has 39 heavy (non-hydrogen) atoms. The summed E-state index contributed by atoms with van der Waals surface area (Å²) in [6, 6.07) is 13.4. The van der Waals surface area contributed by atoms with Crippen molar-refractivity contribution in [3.8, 4) is 0 Å². The zero-order valence-corrected chi connectivity index (χ0v) is 24.4. The lowest BCUT2D eigenvalue weighted by atomic mass is 9.96. The fourth-order valence-electron chi connectivity index (χ4n) is 5.68. The summed E-state index contributed by atoms with van der Waals surface area (Å²) in [6.07, 6.45) is 8.73. The van der Waals surface area contributed by atoms with Crippen molar-refractivity contribution in [1.82, 2.24) is 15.8 Å². The number of piperazine rings is 1. The van der Waals surface area contributed by atoms with Gasteiger partial charge in [0.05, 0.1) is 0 Å². The highest BCUT2D eigenvalue weighted by atomic mass is 16.1. The third-order valence-electron chi connectivity index (χ3n) is 7.84. The Hall–Kier alpha value is -2.49. The van der Waals surface area contributed by atoms with Crippen LogP contribution in [0.15, 0.2) is 36.4 Å². The number of aryl methyl sites for hydroxylation is 2. The third kappa shape index (κ3) is 9.29. The van der Waals surface area contributed by atoms with E-state index in [9.17, 15) is 4.79 Å². The predicted molar refractivity (Wildman–Crippen MR) is 165 cm³/mol. The van der Waals surface area contributed by atoms with Crippen molar-refractivity contribution in [2.45, 2.75) is 58.4 Å². The van der Waals surface area contributed by atoms with E-state index < -0.39 is 0 Å². The second-order valence-corrected chi connectivity index (χ2v) is 10.8. The van der Waals surface area contributed by atoms with Crippen LogP contribution in [0.5, 0.6) is 0 Å². The van der Waals surface area contributed by atoms with Crippen LogP contribution in [0, 0.1) is 13.8 Å². The lowest BCUT2D eigenvalue weighted by molar-refractivity contribution is 0.112. The van der Waals surface area contributed by atoms with Crippen LogP contribution in [0.3, 0.4) is 0 Å². The highest BCUT2D eigenvalue weighted by Crippen LogP contribution is 2.33. The molecule has 2 aliphatic rings. The molecule has 8 heteroatoms. The van der Waals surface area contributed by atoms with E-state index >= 15 is 0 Å². The number of nitrogens with two attached hydrogens (primary N) is 2. The second kappa shape index (κ2) is 16.6. The Morgan fingerprint density at radius 1 is 0.923 bits per heavy atom. The first-order valence-corrected chi connectivity index (χ1v) is 14.7. The van der Waals surface area contributed by atoms with Crippen LogP contribution < -0.4 is 32.1 Å². The van der Waals surface area contributed by atoms with Crippen molar-refractivity contribution in [3.05, 3.63) is 53.1 Å². The van der Waals surface area contributed by atoms with Gasteiger partial charge >= 0.3 is 0 Å². The van der Waals surface area contributed by atoms with Gasteiger partial charge in [0.15, 0.2) is 0 Å². The van der Waals surface area contributed by atoms with Crippen LogP contribution in [0.1, 0.15) is 60.0 Å². The summed E-state index contributed by atoms with van der Waals surface area (Å²) >= 11 is 0. The molecule has 0 radical (unpaired) electrons. The molecule has 6 N–H and O–H groups in total. The first-order valence-electron chi connectivity index (χ1n) is 14.7. The van der Waals surface area contributed by atoms with E-state index in [2.05, 4.69) is 57.6 Å². The summed E-state index contributed by atoms with van der Waals surface area (Å²) in [5.74, 6) is 0. The number of carbonyl (C=O) groups excluding carboxylic acids is 1. The topological polar surface area (TPSA) is 103 Å². The fourth-order valence-corrected chi connectivity index (χ4v) is 5.68. The summed E-state index contributed by atoms with van der Waals surface area (Å²) in [5.41, 5.74) is 24.4. The minimum absolute atomic E-state index is 0.645. The minimum atomic E-state index is 0.645. The lowest BCUT2D eigenvalue weighted by Crippen LogP contribution is -2.47. The lowest BCUT2D eigenvalue weighted by Gasteiger charge is -2.36. The van der Waals surface area contributed by atoms with E-state index in [-0.39, 0.29) is 0 Å². The van der Waals surface area contributed by atoms with Gasteiger partial charge in [0.1, 0.15) is 6.29 Å². The molecule has 2 fully saturated rings. The minimum Gasteiger partial charge on any atom is -0.369 e. The smallest absolute Gasteiger partial charge is 0.150 e. The quantitative estimate of drug-likeness (QED) is 0.254. The summed E-state index contributed by atoms with van der Waals surface area (Å²) in [4.78, 5) is 18.4. The van der Waals surface area contributed by atoms with Crippen LogP contribution in [0.4, 0.5) is 17.1 Å². The molecule has 1 aliphatic heterocycles. The number of rotatable bonds is 11. The summed E-state index contributed by atoms with van der Waals surface area (Å²) < 4.78 is 0. The third-order valence-corrected chi connectivity index (χ3v) is 7.84. The first kappa shape index (κ1) is 31.0. The Labute approximate surface area is 236 Å². The Bertz CT molecular complexity index is 998. The highest BCUT2D eigenvalue weighted by Gasteiger charge is 2.19. The maximum absolute atomic E-state index is 11.1. The Morgan fingerprint density at radius 2 is 1.59 bits per heavy atom. The molecule has 1 saturated carbocycles. The van der Waals surface area contributed by atoms with E-state index in [0.29, 0.717) is 12.1 Å². The molecule has 0 aromatic heterocycles. The molecule has 1 aliphatic carbocycles. The second-order valence-electron chi connectivity index (χ2n) is 10.8. The average molecular weight is 538 g/mol. The fraction of sp³-hybridized carbons (Fsp3) is 0.581. The van der Waals surface area contributed by atoms with Gasteiger partial charge in [-0.15, -0.1) is 0 Å². The van der Waals surface area contributed by atoms with Crippen molar-refractivity contribution >= 4 is 23.3 Å². The highest BCUT2D eigenvalue weighted by molar-refractivity contribution is 5.79. The van der Waals surface area contributed by atoms with Crippen molar-refractivity contribution in [3.63, 3.8) is 0 Å². The molecule has 0 spiro atoms. The van der Waals surface area contributed by atoms with E-state index in [0.717, 1.165) is 75.8 Å². The number of nitrogens with zero attached hydrogens (tertiary/aromatic N) is 3. The molecule has 1 heterocycles. The Morgan fingerprint density at radius 3 is 2.15 bits per heavy atom. The average Bonchev–Trinajstić information content (AvgIpc) is 2.96. The molecule has 8 nitrogen and oxygen atoms in total. The molecule has 216 valence electrons. The predicted octanol–water partition coefficient (Wildman–Crippen LogP) is 3.73. The molecular formula is C31H51N7O. The van der Waals surface area contributed by atoms with E-state index in [1.165, 1.54) is 49.0 Å². The first-order chi connectivity index (χ1) is 19.0. The number of hydrazine groups is 1. The van der Waals surface area contributed by atoms with Gasteiger partial charge in [-0.05, 0) is 94.2 Å². The molecule has 4 rings (SSSR count).